The van der Waals surface area contributed by atoms with Crippen LogP contribution in [0, 0.1) is 13.8 Å². The third-order valence-electron chi connectivity index (χ3n) is 6.88. The fraction of sp³-hybridized carbons (Fsp3) is 0.286. The largest absolute Gasteiger partial charge is 0.407 e. The summed E-state index contributed by atoms with van der Waals surface area (Å²) in [5.41, 5.74) is 4.16. The number of methoxy groups -OCH3 is 1. The Morgan fingerprint density at radius 3 is 1.97 bits per heavy atom. The molecule has 1 aliphatic heterocycles. The number of nitrogens with zero attached hydrogens (tertiary/aromatic N) is 1. The zero-order chi connectivity index (χ0) is 22.5. The molecule has 0 amide bonds. The Balaban J connectivity index is 1.85. The number of aryl methyl sites for hydroxylation is 2. The standard InChI is InChI=1S/C28H28NO3P/c1-18-15-20-9-4-6-12-23(20)25-26-24-13-7-5-10-21(24)16-19(2)28(26)32-33(31-27(18)25)29-14-8-11-22(29)17-30-3/h4-7,9-10,12-13,15-16,22H,8,11,14,17H2,1-3H3/t22-/m1/s1. The average molecular weight is 458 g/mol. The van der Waals surface area contributed by atoms with Crippen LogP contribution in [0.4, 0.5) is 0 Å². The topological polar surface area (TPSA) is 38.8 Å². The first-order valence-corrected chi connectivity index (χ1v) is 12.8. The lowest BCUT2D eigenvalue weighted by Gasteiger charge is -2.20. The summed E-state index contributed by atoms with van der Waals surface area (Å²) >= 11 is 0. The van der Waals surface area contributed by atoms with Crippen LogP contribution in [-0.4, -0.2) is 26.3 Å². The van der Waals surface area contributed by atoms with E-state index in [-0.39, 0.29) is 0 Å². The Morgan fingerprint density at radius 2 is 1.42 bits per heavy atom. The van der Waals surface area contributed by atoms with Crippen LogP contribution in [0.25, 0.3) is 43.5 Å². The number of hydrogen-bond donors (Lipinski definition) is 0. The molecule has 0 N–H and O–H groups in total. The molecule has 1 fully saturated rings. The van der Waals surface area contributed by atoms with E-state index >= 15 is 0 Å². The van der Waals surface area contributed by atoms with E-state index in [1.54, 1.807) is 7.11 Å². The van der Waals surface area contributed by atoms with E-state index in [0.717, 1.165) is 52.5 Å². The molecular weight excluding hydrogens is 429 g/mol. The summed E-state index contributed by atoms with van der Waals surface area (Å²) in [6, 6.07) is 22.0. The van der Waals surface area contributed by atoms with Crippen molar-refractivity contribution in [3.63, 3.8) is 0 Å². The van der Waals surface area contributed by atoms with Gasteiger partial charge in [0.25, 0.3) is 0 Å². The number of rotatable bonds is 3. The minimum absolute atomic E-state index is 0.313. The summed E-state index contributed by atoms with van der Waals surface area (Å²) < 4.78 is 21.6. The summed E-state index contributed by atoms with van der Waals surface area (Å²) in [5.74, 6) is 0. The lowest BCUT2D eigenvalue weighted by Crippen LogP contribution is -2.30. The van der Waals surface area contributed by atoms with E-state index in [0.29, 0.717) is 12.6 Å². The first kappa shape index (κ1) is 20.8. The van der Waals surface area contributed by atoms with Gasteiger partial charge in [-0.3, -0.25) is 0 Å². The van der Waals surface area contributed by atoms with Gasteiger partial charge in [-0.1, -0.05) is 48.5 Å². The van der Waals surface area contributed by atoms with Crippen molar-refractivity contribution in [2.24, 2.45) is 0 Å². The van der Waals surface area contributed by atoms with E-state index in [1.165, 1.54) is 21.5 Å². The predicted molar refractivity (Wildman–Crippen MR) is 139 cm³/mol. The fourth-order valence-corrected chi connectivity index (χ4v) is 7.13. The maximum absolute atomic E-state index is 6.86. The highest BCUT2D eigenvalue weighted by atomic mass is 31.1. The summed E-state index contributed by atoms with van der Waals surface area (Å²) in [6.07, 6.45) is 2.24. The zero-order valence-corrected chi connectivity index (χ0v) is 20.2. The van der Waals surface area contributed by atoms with Crippen LogP contribution in [0.5, 0.6) is 0 Å². The molecule has 2 heterocycles. The number of benzene rings is 4. The van der Waals surface area contributed by atoms with Gasteiger partial charge in [-0.15, -0.1) is 0 Å². The maximum Gasteiger partial charge on any atom is 0.310 e. The van der Waals surface area contributed by atoms with Crippen molar-refractivity contribution in [1.82, 2.24) is 0 Å². The van der Waals surface area contributed by atoms with E-state index in [4.69, 9.17) is 13.1 Å². The SMILES string of the molecule is COC[C@H]1CCCN1p1oc2c(C)cc3ccccc3c2c2c(o1)c(C)cc1ccccc12. The first-order valence-electron chi connectivity index (χ1n) is 11.6. The molecule has 4 aromatic carbocycles. The van der Waals surface area contributed by atoms with E-state index in [9.17, 15) is 0 Å². The van der Waals surface area contributed by atoms with Gasteiger partial charge in [-0.25, -0.2) is 0 Å². The highest BCUT2D eigenvalue weighted by molar-refractivity contribution is 7.39. The van der Waals surface area contributed by atoms with E-state index in [1.807, 2.05) is 0 Å². The van der Waals surface area contributed by atoms with Crippen molar-refractivity contribution in [2.75, 3.05) is 24.9 Å². The van der Waals surface area contributed by atoms with Crippen LogP contribution in [-0.2, 0) is 4.74 Å². The van der Waals surface area contributed by atoms with E-state index in [2.05, 4.69) is 79.2 Å². The number of hydrogen-bond acceptors (Lipinski definition) is 4. The summed E-state index contributed by atoms with van der Waals surface area (Å²) in [6.45, 7) is 5.96. The van der Waals surface area contributed by atoms with Gasteiger partial charge in [0, 0.05) is 30.5 Å². The van der Waals surface area contributed by atoms with Crippen molar-refractivity contribution in [3.8, 4) is 0 Å². The second-order valence-corrected chi connectivity index (χ2v) is 10.4. The van der Waals surface area contributed by atoms with Gasteiger partial charge < -0.3 is 13.1 Å². The van der Waals surface area contributed by atoms with Crippen LogP contribution in [0.1, 0.15) is 24.0 Å². The Labute approximate surface area is 194 Å². The molecule has 0 spiro atoms. The Bertz CT molecular complexity index is 1450. The quantitative estimate of drug-likeness (QED) is 0.275. The lowest BCUT2D eigenvalue weighted by atomic mass is 9.95. The molecule has 0 saturated carbocycles. The predicted octanol–water partition coefficient (Wildman–Crippen LogP) is 7.96. The Kier molecular flexibility index (Phi) is 5.18. The molecule has 0 radical (unpaired) electrons. The fourth-order valence-electron chi connectivity index (χ4n) is 5.35. The van der Waals surface area contributed by atoms with Gasteiger partial charge in [0.2, 0.25) is 0 Å². The molecule has 0 bridgehead atoms. The second-order valence-electron chi connectivity index (χ2n) is 9.07. The van der Waals surface area contributed by atoms with Gasteiger partial charge in [0.15, 0.2) is 0 Å². The maximum atomic E-state index is 6.86. The van der Waals surface area contributed by atoms with Crippen LogP contribution >= 0.6 is 8.16 Å². The summed E-state index contributed by atoms with van der Waals surface area (Å²) in [4.78, 5) is 0. The third-order valence-corrected chi connectivity index (χ3v) is 8.50. The zero-order valence-electron chi connectivity index (χ0n) is 19.3. The summed E-state index contributed by atoms with van der Waals surface area (Å²) in [5, 5.41) is 7.13. The van der Waals surface area contributed by atoms with Crippen molar-refractivity contribution in [3.05, 3.63) is 71.8 Å². The van der Waals surface area contributed by atoms with Crippen LogP contribution in [0.2, 0.25) is 0 Å². The summed E-state index contributed by atoms with van der Waals surface area (Å²) in [7, 11) is 0.460. The molecule has 0 unspecified atom stereocenters. The normalized spacial score (nSPS) is 17.0. The Hall–Kier alpha value is -2.78. The minimum atomic E-state index is -1.31. The molecule has 1 aromatic heterocycles. The van der Waals surface area contributed by atoms with Gasteiger partial charge in [-0.05, 0) is 71.5 Å². The molecule has 1 saturated heterocycles. The molecule has 5 aromatic rings. The van der Waals surface area contributed by atoms with Crippen molar-refractivity contribution < 1.29 is 13.1 Å². The molecule has 33 heavy (non-hydrogen) atoms. The highest BCUT2D eigenvalue weighted by Crippen LogP contribution is 2.45. The van der Waals surface area contributed by atoms with Gasteiger partial charge in [0.1, 0.15) is 11.2 Å². The molecule has 6 rings (SSSR count). The molecule has 1 atom stereocenters. The minimum Gasteiger partial charge on any atom is -0.407 e. The highest BCUT2D eigenvalue weighted by Gasteiger charge is 2.30. The number of fused-ring (bicyclic) bond motifs is 7. The lowest BCUT2D eigenvalue weighted by molar-refractivity contribution is 0.182. The van der Waals surface area contributed by atoms with Crippen molar-refractivity contribution in [1.29, 1.82) is 0 Å². The van der Waals surface area contributed by atoms with Gasteiger partial charge in [0.05, 0.1) is 6.61 Å². The molecule has 4 nitrogen and oxygen atoms in total. The van der Waals surface area contributed by atoms with Gasteiger partial charge in [-0.2, -0.15) is 4.67 Å². The van der Waals surface area contributed by atoms with Crippen molar-refractivity contribution in [2.45, 2.75) is 32.7 Å². The first-order chi connectivity index (χ1) is 16.2. The molecular formula is C28H28NO3P. The van der Waals surface area contributed by atoms with Crippen LogP contribution in [0.15, 0.2) is 69.1 Å². The molecule has 168 valence electrons. The van der Waals surface area contributed by atoms with Gasteiger partial charge >= 0.3 is 8.16 Å². The van der Waals surface area contributed by atoms with Crippen molar-refractivity contribution >= 4 is 51.6 Å². The third kappa shape index (κ3) is 3.36. The van der Waals surface area contributed by atoms with E-state index < -0.39 is 8.16 Å². The van der Waals surface area contributed by atoms with Crippen LogP contribution in [0.3, 0.4) is 0 Å². The van der Waals surface area contributed by atoms with Crippen LogP contribution < -0.4 is 4.67 Å². The average Bonchev–Trinajstić information content (AvgIpc) is 3.19. The monoisotopic (exact) mass is 457 g/mol. The molecule has 1 aliphatic rings. The second kappa shape index (κ2) is 8.22. The number of ether oxygens (including phenoxy) is 1. The molecule has 5 heteroatoms. The molecule has 0 aliphatic carbocycles. The smallest absolute Gasteiger partial charge is 0.310 e. The Morgan fingerprint density at radius 1 is 0.879 bits per heavy atom.